The maximum Gasteiger partial charge on any atom is 0.415 e. The predicted molar refractivity (Wildman–Crippen MR) is 43.3 cm³/mol. The highest BCUT2D eigenvalue weighted by molar-refractivity contribution is 5.73. The molecule has 4 N–H and O–H groups in total. The van der Waals surface area contributed by atoms with Crippen molar-refractivity contribution < 1.29 is 23.1 Å². The Bertz CT molecular complexity index is 196. The number of primary amides is 1. The maximum absolute atomic E-state index is 12.0. The molecule has 0 fully saturated rings. The standard InChI is InChI=1S/C7H13F3N2O2/c1-12-4(2-3-5(11)13)6(14)7(8,9)10/h4,6,12,14H,2-3H2,1H3,(H2,11,13). The summed E-state index contributed by atoms with van der Waals surface area (Å²) in [6.45, 7) is 0. The zero-order valence-electron chi connectivity index (χ0n) is 7.64. The number of hydrogen-bond acceptors (Lipinski definition) is 3. The van der Waals surface area contributed by atoms with Crippen molar-refractivity contribution >= 4 is 5.91 Å². The Morgan fingerprint density at radius 1 is 1.57 bits per heavy atom. The van der Waals surface area contributed by atoms with Gasteiger partial charge in [-0.15, -0.1) is 0 Å². The summed E-state index contributed by atoms with van der Waals surface area (Å²) in [4.78, 5) is 10.3. The van der Waals surface area contributed by atoms with E-state index in [0.29, 0.717) is 0 Å². The van der Waals surface area contributed by atoms with Gasteiger partial charge in [-0.05, 0) is 13.5 Å². The fourth-order valence-corrected chi connectivity index (χ4v) is 0.986. The number of aliphatic hydroxyl groups excluding tert-OH is 1. The first-order valence-corrected chi connectivity index (χ1v) is 3.99. The van der Waals surface area contributed by atoms with Crippen LogP contribution < -0.4 is 11.1 Å². The van der Waals surface area contributed by atoms with Crippen LogP contribution in [0.15, 0.2) is 0 Å². The number of rotatable bonds is 5. The van der Waals surface area contributed by atoms with Gasteiger partial charge in [0.25, 0.3) is 0 Å². The van der Waals surface area contributed by atoms with Gasteiger partial charge < -0.3 is 16.2 Å². The molecule has 0 saturated carbocycles. The highest BCUT2D eigenvalue weighted by atomic mass is 19.4. The number of carbonyl (C=O) groups is 1. The van der Waals surface area contributed by atoms with Gasteiger partial charge in [-0.3, -0.25) is 4.79 Å². The van der Waals surface area contributed by atoms with Gasteiger partial charge >= 0.3 is 6.18 Å². The van der Waals surface area contributed by atoms with Crippen LogP contribution in [0.4, 0.5) is 13.2 Å². The van der Waals surface area contributed by atoms with Gasteiger partial charge in [0.1, 0.15) is 0 Å². The lowest BCUT2D eigenvalue weighted by Gasteiger charge is -2.23. The molecule has 0 aromatic carbocycles. The summed E-state index contributed by atoms with van der Waals surface area (Å²) in [5.41, 5.74) is 4.78. The predicted octanol–water partition coefficient (Wildman–Crippen LogP) is -0.237. The van der Waals surface area contributed by atoms with Crippen LogP contribution >= 0.6 is 0 Å². The highest BCUT2D eigenvalue weighted by Gasteiger charge is 2.42. The average Bonchev–Trinajstić information content (AvgIpc) is 2.03. The molecule has 0 spiro atoms. The van der Waals surface area contributed by atoms with Crippen molar-refractivity contribution in [1.82, 2.24) is 5.32 Å². The smallest absolute Gasteiger partial charge is 0.382 e. The molecular formula is C7H13F3N2O2. The normalized spacial score (nSPS) is 16.4. The summed E-state index contributed by atoms with van der Waals surface area (Å²) in [6, 6.07) is -1.21. The molecule has 2 unspecified atom stereocenters. The Hall–Kier alpha value is -0.820. The first-order valence-electron chi connectivity index (χ1n) is 3.99. The Morgan fingerprint density at radius 2 is 2.07 bits per heavy atom. The number of carbonyl (C=O) groups excluding carboxylic acids is 1. The van der Waals surface area contributed by atoms with Crippen LogP contribution in [0.1, 0.15) is 12.8 Å². The van der Waals surface area contributed by atoms with E-state index < -0.39 is 24.2 Å². The van der Waals surface area contributed by atoms with E-state index in [1.165, 1.54) is 7.05 Å². The third kappa shape index (κ3) is 4.43. The minimum absolute atomic E-state index is 0.146. The molecule has 0 aromatic heterocycles. The Balaban J connectivity index is 4.19. The largest absolute Gasteiger partial charge is 0.415 e. The summed E-state index contributed by atoms with van der Waals surface area (Å²) in [5, 5.41) is 11.1. The van der Waals surface area contributed by atoms with Gasteiger partial charge in [0.05, 0.1) is 0 Å². The fraction of sp³-hybridized carbons (Fsp3) is 0.857. The van der Waals surface area contributed by atoms with Crippen LogP contribution in [0.5, 0.6) is 0 Å². The molecule has 0 aliphatic rings. The zero-order valence-corrected chi connectivity index (χ0v) is 7.64. The zero-order chi connectivity index (χ0) is 11.4. The van der Waals surface area contributed by atoms with E-state index in [4.69, 9.17) is 10.8 Å². The van der Waals surface area contributed by atoms with Crippen LogP contribution in [-0.2, 0) is 4.79 Å². The van der Waals surface area contributed by atoms with Crippen molar-refractivity contribution in [2.75, 3.05) is 7.05 Å². The van der Waals surface area contributed by atoms with Crippen molar-refractivity contribution in [3.05, 3.63) is 0 Å². The number of alkyl halides is 3. The molecule has 0 radical (unpaired) electrons. The van der Waals surface area contributed by atoms with Crippen molar-refractivity contribution in [3.63, 3.8) is 0 Å². The van der Waals surface area contributed by atoms with Crippen molar-refractivity contribution in [3.8, 4) is 0 Å². The maximum atomic E-state index is 12.0. The minimum atomic E-state index is -4.69. The van der Waals surface area contributed by atoms with E-state index in [1.807, 2.05) is 0 Å². The molecule has 0 aliphatic heterocycles. The summed E-state index contributed by atoms with van der Waals surface area (Å²) in [7, 11) is 1.28. The number of nitrogens with one attached hydrogen (secondary N) is 1. The van der Waals surface area contributed by atoms with Crippen LogP contribution in [-0.4, -0.2) is 36.4 Å². The van der Waals surface area contributed by atoms with Gasteiger partial charge in [-0.1, -0.05) is 0 Å². The Labute approximate surface area is 79.3 Å². The Kier molecular flexibility index (Phi) is 4.86. The molecule has 0 bridgehead atoms. The van der Waals surface area contributed by atoms with E-state index in [1.54, 1.807) is 0 Å². The minimum Gasteiger partial charge on any atom is -0.382 e. The van der Waals surface area contributed by atoms with Gasteiger partial charge in [-0.2, -0.15) is 13.2 Å². The first kappa shape index (κ1) is 13.2. The van der Waals surface area contributed by atoms with Gasteiger partial charge in [0, 0.05) is 12.5 Å². The molecule has 0 heterocycles. The van der Waals surface area contributed by atoms with Crippen LogP contribution in [0.25, 0.3) is 0 Å². The van der Waals surface area contributed by atoms with Gasteiger partial charge in [0.2, 0.25) is 5.91 Å². The van der Waals surface area contributed by atoms with E-state index in [2.05, 4.69) is 5.32 Å². The molecule has 2 atom stereocenters. The van der Waals surface area contributed by atoms with E-state index in [9.17, 15) is 18.0 Å². The van der Waals surface area contributed by atoms with Crippen LogP contribution in [0.3, 0.4) is 0 Å². The number of halogens is 3. The molecule has 0 saturated heterocycles. The number of nitrogens with two attached hydrogens (primary N) is 1. The number of hydrogen-bond donors (Lipinski definition) is 3. The monoisotopic (exact) mass is 214 g/mol. The molecule has 14 heavy (non-hydrogen) atoms. The first-order chi connectivity index (χ1) is 6.29. The van der Waals surface area contributed by atoms with Crippen molar-refractivity contribution in [1.29, 1.82) is 0 Å². The van der Waals surface area contributed by atoms with E-state index in [-0.39, 0.29) is 12.8 Å². The molecule has 0 aliphatic carbocycles. The number of aliphatic hydroxyl groups is 1. The van der Waals surface area contributed by atoms with Crippen LogP contribution in [0, 0.1) is 0 Å². The molecule has 4 nitrogen and oxygen atoms in total. The number of likely N-dealkylation sites (N-methyl/N-ethyl adjacent to an activating group) is 1. The lowest BCUT2D eigenvalue weighted by molar-refractivity contribution is -0.212. The summed E-state index contributed by atoms with van der Waals surface area (Å²) < 4.78 is 36.0. The quantitative estimate of drug-likeness (QED) is 0.591. The van der Waals surface area contributed by atoms with Crippen LogP contribution in [0.2, 0.25) is 0 Å². The molecule has 84 valence electrons. The molecule has 7 heteroatoms. The summed E-state index contributed by atoms with van der Waals surface area (Å²) >= 11 is 0. The van der Waals surface area contributed by atoms with E-state index in [0.717, 1.165) is 0 Å². The number of amides is 1. The SMILES string of the molecule is CNC(CCC(N)=O)C(O)C(F)(F)F. The molecule has 1 amide bonds. The summed E-state index contributed by atoms with van der Waals surface area (Å²) in [6.07, 6.45) is -7.51. The molecule has 0 rings (SSSR count). The second kappa shape index (κ2) is 5.16. The third-order valence-corrected chi connectivity index (χ3v) is 1.79. The lowest BCUT2D eigenvalue weighted by Crippen LogP contribution is -2.47. The lowest BCUT2D eigenvalue weighted by atomic mass is 10.1. The van der Waals surface area contributed by atoms with Gasteiger partial charge in [-0.25, -0.2) is 0 Å². The molecule has 0 aromatic rings. The highest BCUT2D eigenvalue weighted by Crippen LogP contribution is 2.23. The van der Waals surface area contributed by atoms with Crippen molar-refractivity contribution in [2.45, 2.75) is 31.2 Å². The van der Waals surface area contributed by atoms with E-state index >= 15 is 0 Å². The van der Waals surface area contributed by atoms with Crippen molar-refractivity contribution in [2.24, 2.45) is 5.73 Å². The fourth-order valence-electron chi connectivity index (χ4n) is 0.986. The van der Waals surface area contributed by atoms with Gasteiger partial charge in [0.15, 0.2) is 6.10 Å². The Morgan fingerprint density at radius 3 is 2.36 bits per heavy atom. The topological polar surface area (TPSA) is 75.3 Å². The second-order valence-corrected chi connectivity index (χ2v) is 2.89. The summed E-state index contributed by atoms with van der Waals surface area (Å²) in [5.74, 6) is -0.695. The average molecular weight is 214 g/mol. The third-order valence-electron chi connectivity index (χ3n) is 1.79. The molecular weight excluding hydrogens is 201 g/mol. The second-order valence-electron chi connectivity index (χ2n) is 2.89.